The highest BCUT2D eigenvalue weighted by molar-refractivity contribution is 5.97. The first-order valence-corrected chi connectivity index (χ1v) is 6.95. The molecule has 1 saturated carbocycles. The number of hydrogen-bond acceptors (Lipinski definition) is 3. The molecule has 1 fully saturated rings. The monoisotopic (exact) mass is 316 g/mol. The summed E-state index contributed by atoms with van der Waals surface area (Å²) in [6, 6.07) is 4.32. The van der Waals surface area contributed by atoms with Gasteiger partial charge in [0.05, 0.1) is 7.11 Å². The molecule has 0 aliphatic heterocycles. The van der Waals surface area contributed by atoms with Gasteiger partial charge in [0, 0.05) is 12.1 Å². The molecule has 0 spiro atoms. The Balaban J connectivity index is 0.00000220. The lowest BCUT2D eigenvalue weighted by molar-refractivity contribution is 0.0930. The third-order valence-electron chi connectivity index (χ3n) is 3.87. The molecular formula is C15H22ClFN2O2. The van der Waals surface area contributed by atoms with Gasteiger partial charge in [0.2, 0.25) is 0 Å². The van der Waals surface area contributed by atoms with E-state index in [9.17, 15) is 9.18 Å². The predicted molar refractivity (Wildman–Crippen MR) is 82.5 cm³/mol. The minimum absolute atomic E-state index is 0. The Labute approximate surface area is 130 Å². The van der Waals surface area contributed by atoms with Crippen LogP contribution in [0.25, 0.3) is 0 Å². The SMILES string of the molecule is COc1cccc(F)c1C(=O)NCC1(N)CCCCC1.Cl. The van der Waals surface area contributed by atoms with E-state index in [0.29, 0.717) is 6.54 Å². The first kappa shape index (κ1) is 17.7. The van der Waals surface area contributed by atoms with Gasteiger partial charge in [-0.15, -0.1) is 12.4 Å². The molecule has 1 aromatic carbocycles. The number of rotatable bonds is 4. The van der Waals surface area contributed by atoms with Gasteiger partial charge in [0.1, 0.15) is 17.1 Å². The smallest absolute Gasteiger partial charge is 0.258 e. The lowest BCUT2D eigenvalue weighted by atomic mass is 9.82. The van der Waals surface area contributed by atoms with Gasteiger partial charge in [-0.3, -0.25) is 4.79 Å². The van der Waals surface area contributed by atoms with Crippen molar-refractivity contribution in [3.05, 3.63) is 29.6 Å². The van der Waals surface area contributed by atoms with E-state index in [1.54, 1.807) is 6.07 Å². The molecule has 4 nitrogen and oxygen atoms in total. The second-order valence-corrected chi connectivity index (χ2v) is 5.42. The molecule has 21 heavy (non-hydrogen) atoms. The number of carbonyl (C=O) groups is 1. The van der Waals surface area contributed by atoms with Gasteiger partial charge in [-0.1, -0.05) is 25.3 Å². The summed E-state index contributed by atoms with van der Waals surface area (Å²) in [6.45, 7) is 0.364. The minimum Gasteiger partial charge on any atom is -0.496 e. The molecule has 0 bridgehead atoms. The summed E-state index contributed by atoms with van der Waals surface area (Å²) in [5.41, 5.74) is 5.82. The van der Waals surface area contributed by atoms with Crippen LogP contribution in [0.3, 0.4) is 0 Å². The van der Waals surface area contributed by atoms with Gasteiger partial charge >= 0.3 is 0 Å². The van der Waals surface area contributed by atoms with Crippen molar-refractivity contribution in [3.8, 4) is 5.75 Å². The van der Waals surface area contributed by atoms with Crippen molar-refractivity contribution < 1.29 is 13.9 Å². The van der Waals surface area contributed by atoms with Crippen LogP contribution in [0.2, 0.25) is 0 Å². The number of halogens is 2. The number of benzene rings is 1. The van der Waals surface area contributed by atoms with Gasteiger partial charge in [0.25, 0.3) is 5.91 Å². The van der Waals surface area contributed by atoms with Gasteiger partial charge < -0.3 is 15.8 Å². The van der Waals surface area contributed by atoms with Crippen LogP contribution < -0.4 is 15.8 Å². The Hall–Kier alpha value is -1.33. The summed E-state index contributed by atoms with van der Waals surface area (Å²) in [4.78, 5) is 12.1. The molecule has 2 rings (SSSR count). The van der Waals surface area contributed by atoms with Crippen molar-refractivity contribution >= 4 is 18.3 Å². The van der Waals surface area contributed by atoms with Crippen molar-refractivity contribution in [1.82, 2.24) is 5.32 Å². The zero-order chi connectivity index (χ0) is 14.6. The fourth-order valence-corrected chi connectivity index (χ4v) is 2.67. The number of methoxy groups -OCH3 is 1. The molecule has 1 aliphatic carbocycles. The van der Waals surface area contributed by atoms with Gasteiger partial charge in [-0.05, 0) is 25.0 Å². The van der Waals surface area contributed by atoms with Crippen LogP contribution in [0.5, 0.6) is 5.75 Å². The van der Waals surface area contributed by atoms with E-state index in [4.69, 9.17) is 10.5 Å². The van der Waals surface area contributed by atoms with Crippen LogP contribution in [0.1, 0.15) is 42.5 Å². The van der Waals surface area contributed by atoms with Gasteiger partial charge in [-0.2, -0.15) is 0 Å². The van der Waals surface area contributed by atoms with E-state index in [1.807, 2.05) is 0 Å². The Bertz CT molecular complexity index is 491. The van der Waals surface area contributed by atoms with Gasteiger partial charge in [0.15, 0.2) is 0 Å². The van der Waals surface area contributed by atoms with Crippen LogP contribution in [-0.2, 0) is 0 Å². The highest BCUT2D eigenvalue weighted by atomic mass is 35.5. The second kappa shape index (κ2) is 7.61. The number of nitrogens with one attached hydrogen (secondary N) is 1. The molecule has 0 heterocycles. The molecule has 1 amide bonds. The molecule has 118 valence electrons. The summed E-state index contributed by atoms with van der Waals surface area (Å²) in [5.74, 6) is -0.830. The third kappa shape index (κ3) is 4.32. The van der Waals surface area contributed by atoms with E-state index >= 15 is 0 Å². The normalized spacial score (nSPS) is 16.7. The molecule has 1 aromatic rings. The summed E-state index contributed by atoms with van der Waals surface area (Å²) in [7, 11) is 1.41. The third-order valence-corrected chi connectivity index (χ3v) is 3.87. The highest BCUT2D eigenvalue weighted by Gasteiger charge is 2.28. The number of hydrogen-bond donors (Lipinski definition) is 2. The number of carbonyl (C=O) groups excluding carboxylic acids is 1. The van der Waals surface area contributed by atoms with Crippen molar-refractivity contribution in [2.75, 3.05) is 13.7 Å². The van der Waals surface area contributed by atoms with E-state index in [1.165, 1.54) is 25.7 Å². The maximum atomic E-state index is 13.8. The van der Waals surface area contributed by atoms with Crippen molar-refractivity contribution in [2.24, 2.45) is 5.73 Å². The molecular weight excluding hydrogens is 295 g/mol. The molecule has 0 saturated heterocycles. The van der Waals surface area contributed by atoms with E-state index in [0.717, 1.165) is 25.7 Å². The predicted octanol–water partition coefficient (Wildman–Crippen LogP) is 2.65. The van der Waals surface area contributed by atoms with Crippen LogP contribution >= 0.6 is 12.4 Å². The highest BCUT2D eigenvalue weighted by Crippen LogP contribution is 2.26. The molecule has 0 unspecified atom stereocenters. The van der Waals surface area contributed by atoms with E-state index in [-0.39, 0.29) is 29.3 Å². The van der Waals surface area contributed by atoms with Crippen LogP contribution in [-0.4, -0.2) is 25.1 Å². The fourth-order valence-electron chi connectivity index (χ4n) is 2.67. The maximum absolute atomic E-state index is 13.8. The first-order chi connectivity index (χ1) is 9.56. The molecule has 1 aliphatic rings. The van der Waals surface area contributed by atoms with Crippen LogP contribution in [0, 0.1) is 5.82 Å². The summed E-state index contributed by atoms with van der Waals surface area (Å²) >= 11 is 0. The largest absolute Gasteiger partial charge is 0.496 e. The molecule has 0 radical (unpaired) electrons. The number of amides is 1. The zero-order valence-corrected chi connectivity index (χ0v) is 13.0. The van der Waals surface area contributed by atoms with Crippen LogP contribution in [0.4, 0.5) is 4.39 Å². The number of nitrogens with two attached hydrogens (primary N) is 1. The quantitative estimate of drug-likeness (QED) is 0.897. The first-order valence-electron chi connectivity index (χ1n) is 6.95. The Kier molecular flexibility index (Phi) is 6.42. The molecule has 6 heteroatoms. The van der Waals surface area contributed by atoms with E-state index < -0.39 is 11.7 Å². The molecule has 0 atom stereocenters. The lowest BCUT2D eigenvalue weighted by Crippen LogP contribution is -2.51. The standard InChI is InChI=1S/C15H21FN2O2.ClH/c1-20-12-7-5-6-11(16)13(12)14(19)18-10-15(17)8-3-2-4-9-15;/h5-7H,2-4,8-10,17H2,1H3,(H,18,19);1H. The Morgan fingerprint density at radius 3 is 2.67 bits per heavy atom. The molecule has 3 N–H and O–H groups in total. The zero-order valence-electron chi connectivity index (χ0n) is 12.2. The number of ether oxygens (including phenoxy) is 1. The molecule has 0 aromatic heterocycles. The Morgan fingerprint density at radius 2 is 2.05 bits per heavy atom. The fraction of sp³-hybridized carbons (Fsp3) is 0.533. The average molecular weight is 317 g/mol. The topological polar surface area (TPSA) is 64.3 Å². The average Bonchev–Trinajstić information content (AvgIpc) is 2.45. The van der Waals surface area contributed by atoms with E-state index in [2.05, 4.69) is 5.32 Å². The van der Waals surface area contributed by atoms with Crippen molar-refractivity contribution in [3.63, 3.8) is 0 Å². The van der Waals surface area contributed by atoms with Crippen molar-refractivity contribution in [1.29, 1.82) is 0 Å². The van der Waals surface area contributed by atoms with Crippen molar-refractivity contribution in [2.45, 2.75) is 37.6 Å². The maximum Gasteiger partial charge on any atom is 0.258 e. The summed E-state index contributed by atoms with van der Waals surface area (Å²) in [5, 5.41) is 2.74. The van der Waals surface area contributed by atoms with Gasteiger partial charge in [-0.25, -0.2) is 4.39 Å². The van der Waals surface area contributed by atoms with Crippen LogP contribution in [0.15, 0.2) is 18.2 Å². The second-order valence-electron chi connectivity index (χ2n) is 5.42. The lowest BCUT2D eigenvalue weighted by Gasteiger charge is -2.33. The summed E-state index contributed by atoms with van der Waals surface area (Å²) < 4.78 is 18.8. The Morgan fingerprint density at radius 1 is 1.38 bits per heavy atom. The minimum atomic E-state index is -0.587. The summed E-state index contributed by atoms with van der Waals surface area (Å²) in [6.07, 6.45) is 5.13.